The van der Waals surface area contributed by atoms with Crippen molar-refractivity contribution in [1.82, 2.24) is 0 Å². The monoisotopic (exact) mass is 389 g/mol. The molecule has 1 N–H and O–H groups in total. The largest absolute Gasteiger partial charge is 0.489 e. The molecule has 0 saturated heterocycles. The number of aliphatic carboxylic acids is 1. The molecule has 0 aromatic heterocycles. The topological polar surface area (TPSA) is 68.1 Å². The molecule has 0 aliphatic carbocycles. The molecule has 0 unspecified atom stereocenters. The molecule has 0 saturated carbocycles. The van der Waals surface area contributed by atoms with Crippen molar-refractivity contribution in [2.24, 2.45) is 5.16 Å². The smallest absolute Gasteiger partial charge is 0.303 e. The van der Waals surface area contributed by atoms with Gasteiger partial charge in [-0.05, 0) is 28.8 Å². The Kier molecular flexibility index (Phi) is 7.41. The van der Waals surface area contributed by atoms with E-state index in [1.807, 2.05) is 84.9 Å². The molecule has 0 aliphatic rings. The van der Waals surface area contributed by atoms with Gasteiger partial charge >= 0.3 is 5.97 Å². The van der Waals surface area contributed by atoms with Crippen LogP contribution >= 0.6 is 0 Å². The van der Waals surface area contributed by atoms with Crippen molar-refractivity contribution in [1.29, 1.82) is 0 Å². The van der Waals surface area contributed by atoms with Crippen LogP contribution in [0, 0.1) is 0 Å². The van der Waals surface area contributed by atoms with E-state index in [2.05, 4.69) is 5.16 Å². The summed E-state index contributed by atoms with van der Waals surface area (Å²) in [4.78, 5) is 16.4. The molecule has 3 aromatic rings. The fourth-order valence-electron chi connectivity index (χ4n) is 2.71. The summed E-state index contributed by atoms with van der Waals surface area (Å²) in [6, 6.07) is 27.1. The van der Waals surface area contributed by atoms with Crippen LogP contribution in [0.1, 0.15) is 29.5 Å². The minimum Gasteiger partial charge on any atom is -0.489 e. The van der Waals surface area contributed by atoms with E-state index in [1.165, 1.54) is 0 Å². The summed E-state index contributed by atoms with van der Waals surface area (Å²) >= 11 is 0. The molecule has 0 aliphatic heterocycles. The number of nitrogens with zero attached hydrogens (tertiary/aromatic N) is 1. The quantitative estimate of drug-likeness (QED) is 0.389. The van der Waals surface area contributed by atoms with E-state index in [4.69, 9.17) is 14.7 Å². The summed E-state index contributed by atoms with van der Waals surface area (Å²) in [6.45, 7) is 0.813. The van der Waals surface area contributed by atoms with Crippen molar-refractivity contribution in [3.63, 3.8) is 0 Å². The van der Waals surface area contributed by atoms with E-state index in [1.54, 1.807) is 0 Å². The number of rotatable bonds is 10. The third-order valence-electron chi connectivity index (χ3n) is 4.26. The van der Waals surface area contributed by atoms with Gasteiger partial charge in [0.1, 0.15) is 19.0 Å². The van der Waals surface area contributed by atoms with Crippen molar-refractivity contribution < 1.29 is 19.5 Å². The number of carbonyl (C=O) groups is 1. The number of hydrogen-bond acceptors (Lipinski definition) is 4. The zero-order chi connectivity index (χ0) is 20.3. The first kappa shape index (κ1) is 20.1. The minimum atomic E-state index is -0.861. The van der Waals surface area contributed by atoms with Crippen LogP contribution in [0.3, 0.4) is 0 Å². The van der Waals surface area contributed by atoms with E-state index >= 15 is 0 Å². The van der Waals surface area contributed by atoms with Gasteiger partial charge < -0.3 is 14.7 Å². The minimum absolute atomic E-state index is 0.00450. The van der Waals surface area contributed by atoms with E-state index in [0.717, 1.165) is 22.4 Å². The summed E-state index contributed by atoms with van der Waals surface area (Å²) in [5, 5.41) is 13.1. The Bertz CT molecular complexity index is 922. The SMILES string of the molecule is O=C(O)CC/C(=N\OCc1ccc(OCc2ccccc2)cc1)c1ccccc1. The summed E-state index contributed by atoms with van der Waals surface area (Å²) in [6.07, 6.45) is 0.316. The highest BCUT2D eigenvalue weighted by atomic mass is 16.6. The maximum absolute atomic E-state index is 10.9. The van der Waals surface area contributed by atoms with Crippen LogP contribution in [0.15, 0.2) is 90.1 Å². The average molecular weight is 389 g/mol. The summed E-state index contributed by atoms with van der Waals surface area (Å²) in [7, 11) is 0. The standard InChI is InChI=1S/C24H23NO4/c26-24(27)16-15-23(21-9-5-2-6-10-21)25-29-18-20-11-13-22(14-12-20)28-17-19-7-3-1-4-8-19/h1-14H,15-18H2,(H,26,27)/b25-23+. The van der Waals surface area contributed by atoms with Crippen LogP contribution in [0.4, 0.5) is 0 Å². The molecule has 3 rings (SSSR count). The number of hydrogen-bond donors (Lipinski definition) is 1. The van der Waals surface area contributed by atoms with Crippen LogP contribution in [-0.2, 0) is 22.8 Å². The van der Waals surface area contributed by atoms with Gasteiger partial charge in [0.2, 0.25) is 0 Å². The van der Waals surface area contributed by atoms with Gasteiger partial charge in [-0.1, -0.05) is 78.0 Å². The predicted molar refractivity (Wildman–Crippen MR) is 112 cm³/mol. The summed E-state index contributed by atoms with van der Waals surface area (Å²) < 4.78 is 5.78. The number of ether oxygens (including phenoxy) is 1. The predicted octanol–water partition coefficient (Wildman–Crippen LogP) is 5.05. The normalized spacial score (nSPS) is 11.1. The van der Waals surface area contributed by atoms with Gasteiger partial charge in [0, 0.05) is 6.42 Å². The maximum atomic E-state index is 10.9. The van der Waals surface area contributed by atoms with Crippen LogP contribution in [0.25, 0.3) is 0 Å². The van der Waals surface area contributed by atoms with Gasteiger partial charge in [-0.25, -0.2) is 0 Å². The maximum Gasteiger partial charge on any atom is 0.303 e. The van der Waals surface area contributed by atoms with E-state index in [0.29, 0.717) is 25.3 Å². The van der Waals surface area contributed by atoms with E-state index in [-0.39, 0.29) is 6.42 Å². The second-order valence-corrected chi connectivity index (χ2v) is 6.49. The first-order valence-corrected chi connectivity index (χ1v) is 9.42. The molecule has 0 spiro atoms. The lowest BCUT2D eigenvalue weighted by atomic mass is 10.1. The summed E-state index contributed by atoms with van der Waals surface area (Å²) in [5.74, 6) is -0.0766. The van der Waals surface area contributed by atoms with Crippen LogP contribution in [-0.4, -0.2) is 16.8 Å². The fourth-order valence-corrected chi connectivity index (χ4v) is 2.71. The Morgan fingerprint density at radius 3 is 2.03 bits per heavy atom. The average Bonchev–Trinajstić information content (AvgIpc) is 2.76. The fraction of sp³-hybridized carbons (Fsp3) is 0.167. The lowest BCUT2D eigenvalue weighted by molar-refractivity contribution is -0.136. The van der Waals surface area contributed by atoms with Crippen molar-refractivity contribution in [3.8, 4) is 5.75 Å². The van der Waals surface area contributed by atoms with E-state index in [9.17, 15) is 4.79 Å². The van der Waals surface area contributed by atoms with Crippen molar-refractivity contribution in [2.45, 2.75) is 26.1 Å². The Morgan fingerprint density at radius 1 is 0.759 bits per heavy atom. The van der Waals surface area contributed by atoms with Crippen LogP contribution < -0.4 is 4.74 Å². The molecule has 0 heterocycles. The van der Waals surface area contributed by atoms with Crippen molar-refractivity contribution >= 4 is 11.7 Å². The molecule has 0 fully saturated rings. The highest BCUT2D eigenvalue weighted by Crippen LogP contribution is 2.15. The van der Waals surface area contributed by atoms with Crippen LogP contribution in [0.2, 0.25) is 0 Å². The number of benzene rings is 3. The Morgan fingerprint density at radius 2 is 1.38 bits per heavy atom. The Hall–Kier alpha value is -3.60. The molecular weight excluding hydrogens is 366 g/mol. The van der Waals surface area contributed by atoms with Crippen molar-refractivity contribution in [3.05, 3.63) is 102 Å². The first-order chi connectivity index (χ1) is 14.2. The third-order valence-corrected chi connectivity index (χ3v) is 4.26. The van der Waals surface area contributed by atoms with Crippen molar-refractivity contribution in [2.75, 3.05) is 0 Å². The highest BCUT2D eigenvalue weighted by Gasteiger charge is 2.07. The number of carboxylic acids is 1. The second kappa shape index (κ2) is 10.7. The second-order valence-electron chi connectivity index (χ2n) is 6.49. The number of carboxylic acid groups (broad SMARTS) is 1. The highest BCUT2D eigenvalue weighted by molar-refractivity contribution is 6.01. The van der Waals surface area contributed by atoms with Gasteiger partial charge in [0.05, 0.1) is 12.1 Å². The van der Waals surface area contributed by atoms with Gasteiger partial charge in [0.25, 0.3) is 0 Å². The van der Waals surface area contributed by atoms with Gasteiger partial charge in [-0.2, -0.15) is 0 Å². The first-order valence-electron chi connectivity index (χ1n) is 9.42. The van der Waals surface area contributed by atoms with Crippen LogP contribution in [0.5, 0.6) is 5.75 Å². The molecule has 3 aromatic carbocycles. The van der Waals surface area contributed by atoms with Gasteiger partial charge in [-0.15, -0.1) is 0 Å². The van der Waals surface area contributed by atoms with Gasteiger partial charge in [0.15, 0.2) is 0 Å². The molecule has 5 nitrogen and oxygen atoms in total. The Balaban J connectivity index is 1.55. The molecule has 5 heteroatoms. The third kappa shape index (κ3) is 6.81. The Labute approximate surface area is 170 Å². The van der Waals surface area contributed by atoms with Gasteiger partial charge in [-0.3, -0.25) is 4.79 Å². The molecule has 0 bridgehead atoms. The summed E-state index contributed by atoms with van der Waals surface area (Å²) in [5.41, 5.74) is 3.55. The lowest BCUT2D eigenvalue weighted by Crippen LogP contribution is -2.06. The molecular formula is C24H23NO4. The molecule has 29 heavy (non-hydrogen) atoms. The number of oxime groups is 1. The molecule has 0 atom stereocenters. The lowest BCUT2D eigenvalue weighted by Gasteiger charge is -2.08. The molecule has 0 amide bonds. The molecule has 148 valence electrons. The van der Waals surface area contributed by atoms with E-state index < -0.39 is 5.97 Å². The molecule has 0 radical (unpaired) electrons. The zero-order valence-corrected chi connectivity index (χ0v) is 16.0. The zero-order valence-electron chi connectivity index (χ0n) is 16.0.